The zero-order valence-corrected chi connectivity index (χ0v) is 19.2. The molecule has 1 N–H and O–H groups in total. The van der Waals surface area contributed by atoms with Crippen molar-refractivity contribution in [1.82, 2.24) is 14.0 Å². The van der Waals surface area contributed by atoms with Crippen molar-refractivity contribution in [3.8, 4) is 5.75 Å². The van der Waals surface area contributed by atoms with Crippen molar-refractivity contribution in [3.05, 3.63) is 58.4 Å². The third-order valence-electron chi connectivity index (χ3n) is 6.47. The van der Waals surface area contributed by atoms with Gasteiger partial charge in [-0.05, 0) is 37.8 Å². The topological polar surface area (TPSA) is 86.9 Å². The molecule has 2 aliphatic heterocycles. The number of fused-ring (bicyclic) bond motifs is 2. The van der Waals surface area contributed by atoms with Crippen LogP contribution in [0, 0.1) is 5.92 Å². The van der Waals surface area contributed by atoms with Gasteiger partial charge in [-0.3, -0.25) is 14.2 Å². The Labute approximate surface area is 194 Å². The number of carbonyl (C=O) groups excluding carboxylic acids is 1. The lowest BCUT2D eigenvalue weighted by Crippen LogP contribution is -2.45. The number of nitrogens with zero attached hydrogens (tertiary/aromatic N) is 3. The molecule has 1 saturated carbocycles. The van der Waals surface area contributed by atoms with Crippen molar-refractivity contribution in [2.75, 3.05) is 18.5 Å². The molecule has 2 bridgehead atoms. The van der Waals surface area contributed by atoms with Gasteiger partial charge >= 0.3 is 6.55 Å². The highest BCUT2D eigenvalue weighted by molar-refractivity contribution is 6.06. The Kier molecular flexibility index (Phi) is 5.23. The maximum atomic E-state index is 13.2. The molecule has 0 radical (unpaired) electrons. The molecular formula is C24H26F2N4O4. The van der Waals surface area contributed by atoms with E-state index in [1.54, 1.807) is 16.7 Å². The quantitative estimate of drug-likeness (QED) is 0.562. The van der Waals surface area contributed by atoms with Crippen LogP contribution in [0.2, 0.25) is 0 Å². The molecule has 0 atom stereocenters. The third kappa shape index (κ3) is 3.75. The van der Waals surface area contributed by atoms with Gasteiger partial charge in [0.15, 0.2) is 0 Å². The first-order valence-electron chi connectivity index (χ1n) is 11.2. The van der Waals surface area contributed by atoms with E-state index in [-0.39, 0.29) is 32.8 Å². The maximum absolute atomic E-state index is 13.2. The Bertz CT molecular complexity index is 1320. The van der Waals surface area contributed by atoms with Crippen LogP contribution >= 0.6 is 0 Å². The first kappa shape index (κ1) is 22.5. The number of pyridine rings is 2. The fourth-order valence-electron chi connectivity index (χ4n) is 4.92. The van der Waals surface area contributed by atoms with Gasteiger partial charge in [-0.25, -0.2) is 4.98 Å². The molecule has 0 aromatic carbocycles. The van der Waals surface area contributed by atoms with E-state index in [4.69, 9.17) is 14.5 Å². The van der Waals surface area contributed by atoms with Crippen molar-refractivity contribution in [1.29, 1.82) is 0 Å². The molecule has 6 rings (SSSR count). The Morgan fingerprint density at radius 1 is 1.32 bits per heavy atom. The molecule has 1 amide bonds. The van der Waals surface area contributed by atoms with Crippen LogP contribution in [0.5, 0.6) is 5.75 Å². The summed E-state index contributed by atoms with van der Waals surface area (Å²) in [6, 6.07) is 4.25. The second kappa shape index (κ2) is 7.90. The zero-order chi connectivity index (χ0) is 24.3. The lowest BCUT2D eigenvalue weighted by molar-refractivity contribution is 0.0154. The van der Waals surface area contributed by atoms with Crippen LogP contribution < -0.4 is 15.6 Å². The summed E-state index contributed by atoms with van der Waals surface area (Å²) in [7, 11) is 0. The number of rotatable bonds is 7. The average Bonchev–Trinajstić information content (AvgIpc) is 3.43. The number of nitrogens with one attached hydrogen (secondary N) is 1. The van der Waals surface area contributed by atoms with E-state index in [1.807, 2.05) is 20.0 Å². The molecule has 0 unspecified atom stereocenters. The fraction of sp³-hybridized carbons (Fsp3) is 0.458. The molecule has 34 heavy (non-hydrogen) atoms. The molecule has 2 saturated heterocycles. The number of aromatic nitrogens is 3. The van der Waals surface area contributed by atoms with Gasteiger partial charge in [0.2, 0.25) is 0 Å². The van der Waals surface area contributed by atoms with Crippen LogP contribution in [0.25, 0.3) is 5.65 Å². The Balaban J connectivity index is 1.51. The minimum atomic E-state index is -3.01. The second-order valence-electron chi connectivity index (χ2n) is 9.89. The van der Waals surface area contributed by atoms with Gasteiger partial charge in [0, 0.05) is 30.1 Å². The molecule has 3 aliphatic rings. The number of hydrogen-bond acceptors (Lipinski definition) is 5. The van der Waals surface area contributed by atoms with Crippen LogP contribution in [0.4, 0.5) is 14.5 Å². The number of hydrogen-bond donors (Lipinski definition) is 1. The first-order chi connectivity index (χ1) is 16.1. The van der Waals surface area contributed by atoms with Crippen molar-refractivity contribution in [2.45, 2.75) is 51.2 Å². The summed E-state index contributed by atoms with van der Waals surface area (Å²) in [6.45, 7) is 4.03. The van der Waals surface area contributed by atoms with E-state index in [0.717, 1.165) is 24.7 Å². The number of imidazole rings is 1. The summed E-state index contributed by atoms with van der Waals surface area (Å²) in [5, 5.41) is 2.46. The number of amides is 1. The van der Waals surface area contributed by atoms with Crippen LogP contribution in [0.15, 0.2) is 41.6 Å². The lowest BCUT2D eigenvalue weighted by Gasteiger charge is -2.41. The second-order valence-corrected chi connectivity index (χ2v) is 9.89. The van der Waals surface area contributed by atoms with Gasteiger partial charge in [0.1, 0.15) is 17.1 Å². The van der Waals surface area contributed by atoms with Gasteiger partial charge in [0.05, 0.1) is 30.1 Å². The summed E-state index contributed by atoms with van der Waals surface area (Å²) < 4.78 is 40.0. The number of ether oxygens (including phenoxy) is 2. The molecular weight excluding hydrogens is 446 g/mol. The summed E-state index contributed by atoms with van der Waals surface area (Å²) >= 11 is 0. The predicted molar refractivity (Wildman–Crippen MR) is 121 cm³/mol. The van der Waals surface area contributed by atoms with Gasteiger partial charge in [-0.15, -0.1) is 0 Å². The minimum absolute atomic E-state index is 0.0901. The van der Waals surface area contributed by atoms with Crippen molar-refractivity contribution >= 4 is 17.2 Å². The fourth-order valence-corrected chi connectivity index (χ4v) is 4.92. The number of halogens is 2. The van der Waals surface area contributed by atoms with Crippen LogP contribution in [-0.4, -0.2) is 38.7 Å². The summed E-state index contributed by atoms with van der Waals surface area (Å²) in [4.78, 5) is 30.3. The maximum Gasteiger partial charge on any atom is 0.321 e. The molecule has 3 aromatic rings. The molecule has 3 aromatic heterocycles. The highest BCUT2D eigenvalue weighted by Crippen LogP contribution is 2.58. The lowest BCUT2D eigenvalue weighted by atomic mass is 9.62. The third-order valence-corrected chi connectivity index (χ3v) is 6.47. The standard InChI is InChI=1S/C24H26F2N4O4/c1-14(2)10-33-17-7-19-28-18(24-11-23(3,12-24)34-13-24)9-29(19)8-15(17)20(31)27-16-5-4-6-30(21(16)32)22(25)26/h4-9,14,22H,10-13H2,1-3H3,(H,27,31). The van der Waals surface area contributed by atoms with Gasteiger partial charge < -0.3 is 19.2 Å². The van der Waals surface area contributed by atoms with E-state index in [0.29, 0.717) is 24.6 Å². The summed E-state index contributed by atoms with van der Waals surface area (Å²) in [5.74, 6) is -0.129. The number of carbonyl (C=O) groups is 1. The first-order valence-corrected chi connectivity index (χ1v) is 11.2. The molecule has 10 heteroatoms. The minimum Gasteiger partial charge on any atom is -0.492 e. The van der Waals surface area contributed by atoms with Crippen LogP contribution in [-0.2, 0) is 10.2 Å². The Morgan fingerprint density at radius 2 is 2.09 bits per heavy atom. The largest absolute Gasteiger partial charge is 0.492 e. The van der Waals surface area contributed by atoms with Crippen LogP contribution in [0.3, 0.4) is 0 Å². The highest BCUT2D eigenvalue weighted by atomic mass is 19.3. The molecule has 180 valence electrons. The Morgan fingerprint density at radius 3 is 2.74 bits per heavy atom. The van der Waals surface area contributed by atoms with Gasteiger partial charge in [0.25, 0.3) is 11.5 Å². The predicted octanol–water partition coefficient (Wildman–Crippen LogP) is 4.00. The molecule has 0 spiro atoms. The van der Waals surface area contributed by atoms with Gasteiger partial charge in [-0.1, -0.05) is 13.8 Å². The average molecular weight is 472 g/mol. The van der Waals surface area contributed by atoms with E-state index < -0.39 is 18.0 Å². The van der Waals surface area contributed by atoms with E-state index in [1.165, 1.54) is 12.1 Å². The van der Waals surface area contributed by atoms with Crippen molar-refractivity contribution in [3.63, 3.8) is 0 Å². The molecule has 8 nitrogen and oxygen atoms in total. The smallest absolute Gasteiger partial charge is 0.321 e. The summed E-state index contributed by atoms with van der Waals surface area (Å²) in [5.41, 5.74) is 0.250. The highest BCUT2D eigenvalue weighted by Gasteiger charge is 2.61. The SMILES string of the molecule is CC(C)COc1cc2nc(C34COC(C)(C3)C4)cn2cc1C(=O)Nc1cccn(C(F)F)c1=O. The monoisotopic (exact) mass is 472 g/mol. The number of alkyl halides is 2. The normalized spacial score (nSPS) is 23.5. The molecule has 3 fully saturated rings. The molecule has 1 aliphatic carbocycles. The van der Waals surface area contributed by atoms with Crippen LogP contribution in [0.1, 0.15) is 56.2 Å². The van der Waals surface area contributed by atoms with E-state index in [9.17, 15) is 18.4 Å². The van der Waals surface area contributed by atoms with Crippen molar-refractivity contribution < 1.29 is 23.0 Å². The number of anilines is 1. The van der Waals surface area contributed by atoms with Crippen molar-refractivity contribution in [2.24, 2.45) is 5.92 Å². The Hall–Kier alpha value is -3.27. The summed E-state index contributed by atoms with van der Waals surface area (Å²) in [6.07, 6.45) is 6.25. The molecule has 5 heterocycles. The zero-order valence-electron chi connectivity index (χ0n) is 19.2. The van der Waals surface area contributed by atoms with Gasteiger partial charge in [-0.2, -0.15) is 8.78 Å². The van der Waals surface area contributed by atoms with E-state index >= 15 is 0 Å². The van der Waals surface area contributed by atoms with E-state index in [2.05, 4.69) is 12.2 Å².